The molecule has 0 saturated carbocycles. The van der Waals surface area contributed by atoms with Crippen molar-refractivity contribution < 1.29 is 13.2 Å². The Bertz CT molecular complexity index is 554. The zero-order chi connectivity index (χ0) is 13.9. The summed E-state index contributed by atoms with van der Waals surface area (Å²) in [6, 6.07) is 6.31. The van der Waals surface area contributed by atoms with Crippen LogP contribution < -0.4 is 16.4 Å². The standard InChI is InChI=1S/C12H17N3O3S/c13-9-3-5-10(6-4-9)15-12(16)14-8-11-2-1-7-19(11,17)18/h3-6,11H,1-2,7-8,13H2,(H2,14,15,16). The molecule has 0 aliphatic carbocycles. The molecule has 1 unspecified atom stereocenters. The number of nitrogen functional groups attached to an aromatic ring is 1. The van der Waals surface area contributed by atoms with Gasteiger partial charge < -0.3 is 16.4 Å². The third kappa shape index (κ3) is 3.60. The van der Waals surface area contributed by atoms with E-state index in [1.807, 2.05) is 0 Å². The molecule has 2 rings (SSSR count). The molecule has 1 aromatic carbocycles. The van der Waals surface area contributed by atoms with Crippen LogP contribution in [0.2, 0.25) is 0 Å². The lowest BCUT2D eigenvalue weighted by atomic mass is 10.2. The fourth-order valence-electron chi connectivity index (χ4n) is 2.04. The number of hydrogen-bond acceptors (Lipinski definition) is 4. The lowest BCUT2D eigenvalue weighted by molar-refractivity contribution is 0.252. The summed E-state index contributed by atoms with van der Waals surface area (Å²) in [6.07, 6.45) is 1.29. The fourth-order valence-corrected chi connectivity index (χ4v) is 3.80. The molecule has 0 radical (unpaired) electrons. The average molecular weight is 283 g/mol. The molecule has 1 fully saturated rings. The molecule has 1 aliphatic rings. The van der Waals surface area contributed by atoms with Crippen molar-refractivity contribution in [2.45, 2.75) is 18.1 Å². The molecule has 0 aromatic heterocycles. The Morgan fingerprint density at radius 1 is 1.32 bits per heavy atom. The number of anilines is 2. The summed E-state index contributed by atoms with van der Waals surface area (Å²) in [6.45, 7) is 0.156. The number of carbonyl (C=O) groups is 1. The number of rotatable bonds is 3. The fraction of sp³-hybridized carbons (Fsp3) is 0.417. The van der Waals surface area contributed by atoms with Gasteiger partial charge in [-0.1, -0.05) is 0 Å². The van der Waals surface area contributed by atoms with Crippen LogP contribution in [0.5, 0.6) is 0 Å². The highest BCUT2D eigenvalue weighted by molar-refractivity contribution is 7.92. The highest BCUT2D eigenvalue weighted by Gasteiger charge is 2.31. The van der Waals surface area contributed by atoms with Gasteiger partial charge in [0.15, 0.2) is 9.84 Å². The smallest absolute Gasteiger partial charge is 0.319 e. The number of sulfone groups is 1. The quantitative estimate of drug-likeness (QED) is 0.719. The van der Waals surface area contributed by atoms with Crippen molar-refractivity contribution in [2.24, 2.45) is 0 Å². The van der Waals surface area contributed by atoms with Crippen molar-refractivity contribution in [1.82, 2.24) is 5.32 Å². The maximum atomic E-state index is 11.6. The molecule has 104 valence electrons. The second-order valence-electron chi connectivity index (χ2n) is 4.59. The Morgan fingerprint density at radius 3 is 2.58 bits per heavy atom. The number of amides is 2. The molecule has 6 nitrogen and oxygen atoms in total. The Balaban J connectivity index is 1.83. The summed E-state index contributed by atoms with van der Waals surface area (Å²) in [5, 5.41) is 4.75. The SMILES string of the molecule is Nc1ccc(NC(=O)NCC2CCCS2(=O)=O)cc1. The van der Waals surface area contributed by atoms with Crippen LogP contribution in [0.25, 0.3) is 0 Å². The summed E-state index contributed by atoms with van der Waals surface area (Å²) < 4.78 is 23.2. The van der Waals surface area contributed by atoms with E-state index in [1.54, 1.807) is 24.3 Å². The van der Waals surface area contributed by atoms with Crippen LogP contribution in [0.1, 0.15) is 12.8 Å². The zero-order valence-corrected chi connectivity index (χ0v) is 11.2. The van der Waals surface area contributed by atoms with Crippen molar-refractivity contribution in [3.8, 4) is 0 Å². The molecule has 1 saturated heterocycles. The number of urea groups is 1. The number of nitrogens with one attached hydrogen (secondary N) is 2. The van der Waals surface area contributed by atoms with Gasteiger partial charge >= 0.3 is 6.03 Å². The van der Waals surface area contributed by atoms with Crippen LogP contribution >= 0.6 is 0 Å². The summed E-state index contributed by atoms with van der Waals surface area (Å²) in [7, 11) is -3.02. The van der Waals surface area contributed by atoms with E-state index in [0.717, 1.165) is 0 Å². The summed E-state index contributed by atoms with van der Waals surface area (Å²) in [5.41, 5.74) is 6.76. The van der Waals surface area contributed by atoms with Crippen LogP contribution in [0.15, 0.2) is 24.3 Å². The van der Waals surface area contributed by atoms with Gasteiger partial charge in [-0.25, -0.2) is 13.2 Å². The summed E-state index contributed by atoms with van der Waals surface area (Å²) >= 11 is 0. The predicted octanol–water partition coefficient (Wildman–Crippen LogP) is 0.968. The first-order valence-electron chi connectivity index (χ1n) is 6.09. The van der Waals surface area contributed by atoms with Gasteiger partial charge in [-0.15, -0.1) is 0 Å². The van der Waals surface area contributed by atoms with E-state index < -0.39 is 21.1 Å². The number of hydrogen-bond donors (Lipinski definition) is 3. The molecule has 1 heterocycles. The van der Waals surface area contributed by atoms with Gasteiger partial charge in [0.25, 0.3) is 0 Å². The second kappa shape index (κ2) is 5.48. The molecule has 2 amide bonds. The summed E-state index contributed by atoms with van der Waals surface area (Å²) in [5.74, 6) is 0.221. The Kier molecular flexibility index (Phi) is 3.94. The van der Waals surface area contributed by atoms with E-state index in [1.165, 1.54) is 0 Å². The zero-order valence-electron chi connectivity index (χ0n) is 10.4. The van der Waals surface area contributed by atoms with E-state index in [2.05, 4.69) is 10.6 Å². The molecule has 1 aliphatic heterocycles. The van der Waals surface area contributed by atoms with E-state index in [-0.39, 0.29) is 12.3 Å². The van der Waals surface area contributed by atoms with Crippen LogP contribution in [0, 0.1) is 0 Å². The van der Waals surface area contributed by atoms with Gasteiger partial charge in [0.2, 0.25) is 0 Å². The molecule has 1 aromatic rings. The van der Waals surface area contributed by atoms with E-state index in [4.69, 9.17) is 5.73 Å². The number of benzene rings is 1. The molecular formula is C12H17N3O3S. The molecule has 19 heavy (non-hydrogen) atoms. The highest BCUT2D eigenvalue weighted by Crippen LogP contribution is 2.19. The largest absolute Gasteiger partial charge is 0.399 e. The summed E-state index contributed by atoms with van der Waals surface area (Å²) in [4.78, 5) is 11.6. The van der Waals surface area contributed by atoms with Gasteiger partial charge in [0, 0.05) is 17.9 Å². The van der Waals surface area contributed by atoms with Crippen molar-refractivity contribution in [1.29, 1.82) is 0 Å². The third-order valence-corrected chi connectivity index (χ3v) is 5.40. The van der Waals surface area contributed by atoms with Gasteiger partial charge in [-0.05, 0) is 37.1 Å². The Hall–Kier alpha value is -1.76. The Labute approximate surface area is 112 Å². The van der Waals surface area contributed by atoms with E-state index >= 15 is 0 Å². The van der Waals surface area contributed by atoms with Crippen molar-refractivity contribution in [2.75, 3.05) is 23.3 Å². The van der Waals surface area contributed by atoms with Crippen molar-refractivity contribution >= 4 is 27.2 Å². The van der Waals surface area contributed by atoms with Gasteiger partial charge in [-0.3, -0.25) is 0 Å². The molecule has 0 spiro atoms. The van der Waals surface area contributed by atoms with Crippen molar-refractivity contribution in [3.63, 3.8) is 0 Å². The first-order chi connectivity index (χ1) is 8.97. The highest BCUT2D eigenvalue weighted by atomic mass is 32.2. The Morgan fingerprint density at radius 2 is 2.00 bits per heavy atom. The van der Waals surface area contributed by atoms with Crippen LogP contribution in [-0.2, 0) is 9.84 Å². The first-order valence-corrected chi connectivity index (χ1v) is 7.81. The molecule has 0 bridgehead atoms. The third-order valence-electron chi connectivity index (χ3n) is 3.12. The number of nitrogens with two attached hydrogens (primary N) is 1. The molecule has 7 heteroatoms. The monoisotopic (exact) mass is 283 g/mol. The van der Waals surface area contributed by atoms with Crippen LogP contribution in [0.4, 0.5) is 16.2 Å². The van der Waals surface area contributed by atoms with Gasteiger partial charge in [-0.2, -0.15) is 0 Å². The van der Waals surface area contributed by atoms with E-state index in [0.29, 0.717) is 24.2 Å². The molecular weight excluding hydrogens is 266 g/mol. The lowest BCUT2D eigenvalue weighted by Crippen LogP contribution is -2.37. The van der Waals surface area contributed by atoms with Gasteiger partial charge in [0.1, 0.15) is 0 Å². The lowest BCUT2D eigenvalue weighted by Gasteiger charge is -2.11. The van der Waals surface area contributed by atoms with Crippen LogP contribution in [0.3, 0.4) is 0 Å². The normalized spacial score (nSPS) is 20.9. The minimum atomic E-state index is -3.02. The number of carbonyl (C=O) groups excluding carboxylic acids is 1. The van der Waals surface area contributed by atoms with Crippen LogP contribution in [-0.4, -0.2) is 32.0 Å². The minimum Gasteiger partial charge on any atom is -0.399 e. The van der Waals surface area contributed by atoms with Crippen molar-refractivity contribution in [3.05, 3.63) is 24.3 Å². The maximum Gasteiger partial charge on any atom is 0.319 e. The first kappa shape index (κ1) is 13.7. The second-order valence-corrected chi connectivity index (χ2v) is 6.99. The molecule has 4 N–H and O–H groups in total. The van der Waals surface area contributed by atoms with E-state index in [9.17, 15) is 13.2 Å². The predicted molar refractivity (Wildman–Crippen MR) is 74.7 cm³/mol. The topological polar surface area (TPSA) is 101 Å². The average Bonchev–Trinajstić information content (AvgIpc) is 2.69. The maximum absolute atomic E-state index is 11.6. The molecule has 1 atom stereocenters. The van der Waals surface area contributed by atoms with Gasteiger partial charge in [0.05, 0.1) is 11.0 Å². The minimum absolute atomic E-state index is 0.156.